The number of fused-ring (bicyclic) bond motifs is 2. The summed E-state index contributed by atoms with van der Waals surface area (Å²) in [5.41, 5.74) is 4.49. The molecular weight excluding hydrogens is 438 g/mol. The second kappa shape index (κ2) is 11.0. The van der Waals surface area contributed by atoms with Crippen LogP contribution in [-0.2, 0) is 11.3 Å². The highest BCUT2D eigenvalue weighted by Gasteiger charge is 2.22. The molecule has 4 rings (SSSR count). The topological polar surface area (TPSA) is 81.3 Å². The van der Waals surface area contributed by atoms with Crippen LogP contribution in [0.1, 0.15) is 68.2 Å². The third kappa shape index (κ3) is 5.90. The van der Waals surface area contributed by atoms with Gasteiger partial charge in [-0.2, -0.15) is 0 Å². The van der Waals surface area contributed by atoms with E-state index in [0.29, 0.717) is 57.0 Å². The molecule has 2 aromatic carbocycles. The van der Waals surface area contributed by atoms with Crippen LogP contribution in [0.3, 0.4) is 0 Å². The molecule has 0 spiro atoms. The molecule has 1 aromatic heterocycles. The summed E-state index contributed by atoms with van der Waals surface area (Å²) in [4.78, 5) is 38.4. The smallest absolute Gasteiger partial charge is 0.253 e. The van der Waals surface area contributed by atoms with Crippen LogP contribution in [0, 0.1) is 5.92 Å². The number of nitrogens with one attached hydrogen (secondary N) is 2. The van der Waals surface area contributed by atoms with E-state index in [1.165, 1.54) is 0 Å². The largest absolute Gasteiger partial charge is 0.342 e. The highest BCUT2D eigenvalue weighted by atomic mass is 16.2. The van der Waals surface area contributed by atoms with Crippen molar-refractivity contribution in [1.29, 1.82) is 0 Å². The maximum atomic E-state index is 13.5. The Kier molecular flexibility index (Phi) is 7.86. The summed E-state index contributed by atoms with van der Waals surface area (Å²) in [6, 6.07) is 13.8. The van der Waals surface area contributed by atoms with Crippen molar-refractivity contribution in [2.45, 2.75) is 53.0 Å². The lowest BCUT2D eigenvalue weighted by atomic mass is 10.1. The predicted molar refractivity (Wildman–Crippen MR) is 141 cm³/mol. The Bertz CT molecular complexity index is 1180. The van der Waals surface area contributed by atoms with Crippen LogP contribution in [-0.4, -0.2) is 52.9 Å². The van der Waals surface area contributed by atoms with E-state index in [1.807, 2.05) is 46.2 Å². The minimum absolute atomic E-state index is 0.00575. The van der Waals surface area contributed by atoms with E-state index >= 15 is 0 Å². The first kappa shape index (κ1) is 24.9. The van der Waals surface area contributed by atoms with Gasteiger partial charge in [-0.25, -0.2) is 4.98 Å². The van der Waals surface area contributed by atoms with E-state index in [0.717, 1.165) is 28.1 Å². The highest BCUT2D eigenvalue weighted by molar-refractivity contribution is 5.97. The molecule has 35 heavy (non-hydrogen) atoms. The summed E-state index contributed by atoms with van der Waals surface area (Å²) in [6.45, 7) is 11.5. The molecular formula is C28H37N5O2. The molecule has 0 radical (unpaired) electrons. The number of H-pyrrole nitrogens is 1. The average molecular weight is 476 g/mol. The van der Waals surface area contributed by atoms with Gasteiger partial charge in [0.2, 0.25) is 5.91 Å². The van der Waals surface area contributed by atoms with Crippen LogP contribution in [0.2, 0.25) is 0 Å². The fourth-order valence-corrected chi connectivity index (χ4v) is 4.55. The summed E-state index contributed by atoms with van der Waals surface area (Å²) in [7, 11) is 0. The first-order valence-corrected chi connectivity index (χ1v) is 12.7. The molecule has 0 fully saturated rings. The normalized spacial score (nSPS) is 15.4. The second-order valence-electron chi connectivity index (χ2n) is 10.1. The summed E-state index contributed by atoms with van der Waals surface area (Å²) >= 11 is 0. The second-order valence-corrected chi connectivity index (χ2v) is 10.1. The Morgan fingerprint density at radius 3 is 2.60 bits per heavy atom. The van der Waals surface area contributed by atoms with E-state index < -0.39 is 0 Å². The van der Waals surface area contributed by atoms with Gasteiger partial charge in [0, 0.05) is 56.3 Å². The number of aromatic nitrogens is 2. The third-order valence-electron chi connectivity index (χ3n) is 6.43. The molecule has 186 valence electrons. The number of hydrogen-bond acceptors (Lipinski definition) is 4. The Labute approximate surface area is 207 Å². The molecule has 7 heteroatoms. The van der Waals surface area contributed by atoms with Gasteiger partial charge in [-0.05, 0) is 42.2 Å². The number of rotatable bonds is 4. The SMILES string of the molecule is CC(C)CC(=O)N1CCCN(C(=O)c2ccc3nc(C(C)C)[nH]c3c2)CCNCc2ccccc21. The molecule has 0 saturated carbocycles. The fourth-order valence-electron chi connectivity index (χ4n) is 4.55. The lowest BCUT2D eigenvalue weighted by Crippen LogP contribution is -2.39. The Hall–Kier alpha value is -3.19. The van der Waals surface area contributed by atoms with Crippen LogP contribution in [0.4, 0.5) is 5.69 Å². The fraction of sp³-hybridized carbons (Fsp3) is 0.464. The standard InChI is InChI=1S/C28H37N5O2/c1-19(2)16-26(34)33-14-7-13-32(15-12-29-18-22-8-5-6-9-25(22)33)28(35)21-10-11-23-24(17-21)31-27(30-23)20(3)4/h5-6,8-11,17,19-20,29H,7,12-16,18H2,1-4H3,(H,30,31). The molecule has 2 N–H and O–H groups in total. The summed E-state index contributed by atoms with van der Waals surface area (Å²) in [6.07, 6.45) is 1.22. The van der Waals surface area contributed by atoms with Crippen molar-refractivity contribution in [2.24, 2.45) is 5.92 Å². The summed E-state index contributed by atoms with van der Waals surface area (Å²) in [5.74, 6) is 1.65. The van der Waals surface area contributed by atoms with Crippen LogP contribution in [0.5, 0.6) is 0 Å². The lowest BCUT2D eigenvalue weighted by molar-refractivity contribution is -0.119. The van der Waals surface area contributed by atoms with Crippen LogP contribution < -0.4 is 10.2 Å². The highest BCUT2D eigenvalue weighted by Crippen LogP contribution is 2.24. The van der Waals surface area contributed by atoms with Gasteiger partial charge in [0.15, 0.2) is 0 Å². The number of imidazole rings is 1. The van der Waals surface area contributed by atoms with E-state index in [4.69, 9.17) is 0 Å². The number of carbonyl (C=O) groups is 2. The number of para-hydroxylation sites is 1. The van der Waals surface area contributed by atoms with Gasteiger partial charge in [-0.3, -0.25) is 9.59 Å². The number of amides is 2. The maximum Gasteiger partial charge on any atom is 0.253 e. The van der Waals surface area contributed by atoms with Gasteiger partial charge in [0.1, 0.15) is 5.82 Å². The Balaban J connectivity index is 1.54. The van der Waals surface area contributed by atoms with Gasteiger partial charge in [0.05, 0.1) is 11.0 Å². The zero-order chi connectivity index (χ0) is 24.9. The average Bonchev–Trinajstić information content (AvgIpc) is 3.25. The zero-order valence-electron chi connectivity index (χ0n) is 21.3. The Morgan fingerprint density at radius 2 is 1.83 bits per heavy atom. The minimum atomic E-state index is 0.00575. The van der Waals surface area contributed by atoms with Crippen LogP contribution in [0.15, 0.2) is 42.5 Å². The lowest BCUT2D eigenvalue weighted by Gasteiger charge is -2.27. The van der Waals surface area contributed by atoms with Crippen molar-refractivity contribution < 1.29 is 9.59 Å². The molecule has 7 nitrogen and oxygen atoms in total. The first-order chi connectivity index (χ1) is 16.8. The first-order valence-electron chi connectivity index (χ1n) is 12.7. The molecule has 1 aliphatic heterocycles. The molecule has 2 heterocycles. The monoisotopic (exact) mass is 475 g/mol. The summed E-state index contributed by atoms with van der Waals surface area (Å²) in [5, 5.41) is 3.47. The number of nitrogens with zero attached hydrogens (tertiary/aromatic N) is 3. The Morgan fingerprint density at radius 1 is 1.03 bits per heavy atom. The number of hydrogen-bond donors (Lipinski definition) is 2. The minimum Gasteiger partial charge on any atom is -0.342 e. The molecule has 1 aliphatic rings. The maximum absolute atomic E-state index is 13.5. The molecule has 0 atom stereocenters. The van der Waals surface area contributed by atoms with Gasteiger partial charge in [-0.1, -0.05) is 45.9 Å². The van der Waals surface area contributed by atoms with Crippen molar-refractivity contribution in [3.8, 4) is 0 Å². The molecule has 0 aliphatic carbocycles. The van der Waals surface area contributed by atoms with Crippen molar-refractivity contribution >= 4 is 28.5 Å². The zero-order valence-corrected chi connectivity index (χ0v) is 21.3. The molecule has 0 unspecified atom stereocenters. The van der Waals surface area contributed by atoms with Crippen LogP contribution in [0.25, 0.3) is 11.0 Å². The molecule has 3 aromatic rings. The van der Waals surface area contributed by atoms with E-state index in [2.05, 4.69) is 49.0 Å². The quantitative estimate of drug-likeness (QED) is 0.573. The summed E-state index contributed by atoms with van der Waals surface area (Å²) < 4.78 is 0. The molecule has 2 amide bonds. The van der Waals surface area contributed by atoms with E-state index in [-0.39, 0.29) is 17.7 Å². The van der Waals surface area contributed by atoms with Gasteiger partial charge >= 0.3 is 0 Å². The van der Waals surface area contributed by atoms with Crippen molar-refractivity contribution in [3.63, 3.8) is 0 Å². The predicted octanol–water partition coefficient (Wildman–Crippen LogP) is 4.70. The van der Waals surface area contributed by atoms with Gasteiger partial charge < -0.3 is 20.1 Å². The van der Waals surface area contributed by atoms with Gasteiger partial charge in [-0.15, -0.1) is 0 Å². The number of carbonyl (C=O) groups excluding carboxylic acids is 2. The van der Waals surface area contributed by atoms with Gasteiger partial charge in [0.25, 0.3) is 5.91 Å². The van der Waals surface area contributed by atoms with Crippen LogP contribution >= 0.6 is 0 Å². The van der Waals surface area contributed by atoms with E-state index in [1.54, 1.807) is 0 Å². The third-order valence-corrected chi connectivity index (χ3v) is 6.43. The number of anilines is 1. The molecule has 0 saturated heterocycles. The van der Waals surface area contributed by atoms with Crippen molar-refractivity contribution in [1.82, 2.24) is 20.2 Å². The van der Waals surface area contributed by atoms with E-state index in [9.17, 15) is 9.59 Å². The molecule has 0 bridgehead atoms. The van der Waals surface area contributed by atoms with Crippen molar-refractivity contribution in [3.05, 3.63) is 59.4 Å². The number of benzene rings is 2. The van der Waals surface area contributed by atoms with Crippen molar-refractivity contribution in [2.75, 3.05) is 31.1 Å². The number of aromatic amines is 1.